The van der Waals surface area contributed by atoms with Crippen LogP contribution in [0.25, 0.3) is 0 Å². The molecule has 0 aromatic carbocycles. The number of hydrogen-bond donors (Lipinski definition) is 2. The molecule has 0 spiro atoms. The van der Waals surface area contributed by atoms with Gasteiger partial charge in [0.2, 0.25) is 0 Å². The average molecular weight is 1000 g/mol. The summed E-state index contributed by atoms with van der Waals surface area (Å²) in [7, 11) is -4.40. The topological polar surface area (TPSA) is 134 Å². The van der Waals surface area contributed by atoms with E-state index in [1.54, 1.807) is 0 Å². The Morgan fingerprint density at radius 2 is 0.775 bits per heavy atom. The van der Waals surface area contributed by atoms with Crippen molar-refractivity contribution in [2.45, 2.75) is 200 Å². The fraction of sp³-hybridized carbons (Fsp3) is 0.574. The first-order valence-corrected chi connectivity index (χ1v) is 28.8. The Labute approximate surface area is 433 Å². The van der Waals surface area contributed by atoms with Crippen molar-refractivity contribution in [3.8, 4) is 0 Å². The van der Waals surface area contributed by atoms with Crippen LogP contribution in [-0.2, 0) is 32.7 Å². The molecule has 0 saturated carbocycles. The van der Waals surface area contributed by atoms with Crippen LogP contribution in [0.1, 0.15) is 194 Å². The first-order chi connectivity index (χ1) is 34.8. The van der Waals surface area contributed by atoms with Crippen molar-refractivity contribution in [1.82, 2.24) is 0 Å². The lowest BCUT2D eigenvalue weighted by atomic mass is 10.1. The number of rotatable bonds is 49. The Kier molecular flexibility index (Phi) is 52.0. The molecule has 2 atom stereocenters. The molecule has 0 aromatic heterocycles. The van der Waals surface area contributed by atoms with E-state index in [0.717, 1.165) is 109 Å². The highest BCUT2D eigenvalue weighted by molar-refractivity contribution is 7.47. The molecule has 0 saturated heterocycles. The Morgan fingerprint density at radius 1 is 0.437 bits per heavy atom. The second-order valence-electron chi connectivity index (χ2n) is 17.4. The average Bonchev–Trinajstić information content (AvgIpc) is 3.36. The van der Waals surface area contributed by atoms with Crippen LogP contribution in [0.4, 0.5) is 0 Å². The molecule has 0 radical (unpaired) electrons. The van der Waals surface area contributed by atoms with E-state index in [4.69, 9.17) is 24.3 Å². The predicted molar refractivity (Wildman–Crippen MR) is 302 cm³/mol. The number of esters is 2. The second-order valence-corrected chi connectivity index (χ2v) is 18.8. The Hall–Kier alpha value is -4.11. The minimum Gasteiger partial charge on any atom is -0.462 e. The van der Waals surface area contributed by atoms with Gasteiger partial charge in [-0.1, -0.05) is 224 Å². The van der Waals surface area contributed by atoms with Gasteiger partial charge in [0.05, 0.1) is 13.2 Å². The summed E-state index contributed by atoms with van der Waals surface area (Å²) >= 11 is 0. The summed E-state index contributed by atoms with van der Waals surface area (Å²) in [6, 6.07) is 0. The van der Waals surface area contributed by atoms with Gasteiger partial charge in [0.1, 0.15) is 6.61 Å². The van der Waals surface area contributed by atoms with Crippen molar-refractivity contribution < 1.29 is 37.6 Å². The Bertz CT molecular complexity index is 1660. The van der Waals surface area contributed by atoms with Gasteiger partial charge < -0.3 is 20.1 Å². The van der Waals surface area contributed by atoms with E-state index in [9.17, 15) is 19.0 Å². The number of nitrogens with two attached hydrogens (primary N) is 1. The van der Waals surface area contributed by atoms with Gasteiger partial charge in [-0.2, -0.15) is 0 Å². The van der Waals surface area contributed by atoms with Gasteiger partial charge in [-0.05, 0) is 103 Å². The minimum absolute atomic E-state index is 0.0396. The van der Waals surface area contributed by atoms with Crippen LogP contribution >= 0.6 is 7.82 Å². The van der Waals surface area contributed by atoms with Gasteiger partial charge >= 0.3 is 19.8 Å². The fourth-order valence-corrected chi connectivity index (χ4v) is 7.50. The summed E-state index contributed by atoms with van der Waals surface area (Å²) in [5.41, 5.74) is 5.35. The molecule has 400 valence electrons. The summed E-state index contributed by atoms with van der Waals surface area (Å²) in [5, 5.41) is 0. The van der Waals surface area contributed by atoms with Crippen molar-refractivity contribution in [3.63, 3.8) is 0 Å². The summed E-state index contributed by atoms with van der Waals surface area (Å²) in [5.74, 6) is -0.891. The highest BCUT2D eigenvalue weighted by atomic mass is 31.2. The van der Waals surface area contributed by atoms with E-state index in [0.29, 0.717) is 6.42 Å². The smallest absolute Gasteiger partial charge is 0.462 e. The molecular formula is C61H98NO8P. The summed E-state index contributed by atoms with van der Waals surface area (Å²) < 4.78 is 32.8. The van der Waals surface area contributed by atoms with Gasteiger partial charge in [-0.15, -0.1) is 0 Å². The number of carbonyl (C=O) groups is 2. The summed E-state index contributed by atoms with van der Waals surface area (Å²) in [6.07, 6.45) is 79.1. The third-order valence-corrected chi connectivity index (χ3v) is 11.7. The molecule has 3 N–H and O–H groups in total. The SMILES string of the molecule is CC/C=C\C/C=C\C/C=C\C/C=C\C/C=C\C/C=C\C/C=C\C/C=C\C/C=C\C/C=C\C/C=C\C/C=C\CCCCC(=O)OC(COC(=O)CCCCCCCCCCCCC)COP(=O)(O)OCCN. The number of carbonyl (C=O) groups excluding carboxylic acids is 2. The third-order valence-electron chi connectivity index (χ3n) is 10.7. The number of phosphoric ester groups is 1. The largest absolute Gasteiger partial charge is 0.472 e. The second kappa shape index (κ2) is 55.2. The maximum Gasteiger partial charge on any atom is 0.472 e. The number of phosphoric acid groups is 1. The van der Waals surface area contributed by atoms with Gasteiger partial charge in [0.15, 0.2) is 6.10 Å². The number of allylic oxidation sites excluding steroid dienone is 24. The monoisotopic (exact) mass is 1000 g/mol. The Morgan fingerprint density at radius 3 is 1.15 bits per heavy atom. The molecule has 0 amide bonds. The van der Waals surface area contributed by atoms with E-state index in [1.165, 1.54) is 51.4 Å². The van der Waals surface area contributed by atoms with Crippen molar-refractivity contribution >= 4 is 19.8 Å². The zero-order valence-electron chi connectivity index (χ0n) is 44.4. The van der Waals surface area contributed by atoms with Crippen LogP contribution in [0, 0.1) is 0 Å². The molecule has 0 aliphatic rings. The molecule has 0 aromatic rings. The highest BCUT2D eigenvalue weighted by Gasteiger charge is 2.26. The number of hydrogen-bond acceptors (Lipinski definition) is 8. The van der Waals surface area contributed by atoms with Crippen LogP contribution in [0.2, 0.25) is 0 Å². The molecule has 0 aliphatic carbocycles. The standard InChI is InChI=1S/C61H98NO8P/c1-3-5-7-9-11-13-15-16-17-18-19-20-21-22-23-24-25-26-27-28-29-30-31-32-33-34-35-36-37-38-39-40-41-42-44-46-48-50-52-54-61(64)70-59(58-69-71(65,66)68-56-55-62)57-67-60(63)53-51-49-47-45-43-14-12-10-8-6-4-2/h5,7,11,13,16-17,19-20,22-23,25-26,28-29,31-32,34-35,37-38,40-41,44,46,59H,3-4,6,8-10,12,14-15,18,21,24,27,30,33,36,39,42-43,45,47-58,62H2,1-2H3,(H,65,66)/b7-5-,13-11-,17-16-,20-19-,23-22-,26-25-,29-28-,32-31-,35-34-,38-37-,41-40-,46-44-. The van der Waals surface area contributed by atoms with E-state index in [2.05, 4.69) is 160 Å². The van der Waals surface area contributed by atoms with Crippen molar-refractivity contribution in [2.24, 2.45) is 5.73 Å². The van der Waals surface area contributed by atoms with Crippen LogP contribution in [0.15, 0.2) is 146 Å². The minimum atomic E-state index is -4.40. The van der Waals surface area contributed by atoms with Crippen LogP contribution in [0.5, 0.6) is 0 Å². The zero-order chi connectivity index (χ0) is 51.7. The lowest BCUT2D eigenvalue weighted by molar-refractivity contribution is -0.161. The zero-order valence-corrected chi connectivity index (χ0v) is 45.3. The molecule has 0 bridgehead atoms. The van der Waals surface area contributed by atoms with Crippen molar-refractivity contribution in [3.05, 3.63) is 146 Å². The molecular weight excluding hydrogens is 906 g/mol. The first kappa shape index (κ1) is 66.9. The van der Waals surface area contributed by atoms with E-state index >= 15 is 0 Å². The summed E-state index contributed by atoms with van der Waals surface area (Å²) in [6.45, 7) is 3.54. The van der Waals surface area contributed by atoms with E-state index < -0.39 is 32.5 Å². The lowest BCUT2D eigenvalue weighted by Crippen LogP contribution is -2.29. The molecule has 0 rings (SSSR count). The van der Waals surface area contributed by atoms with Gasteiger partial charge in [0, 0.05) is 19.4 Å². The van der Waals surface area contributed by atoms with Crippen LogP contribution in [-0.4, -0.2) is 49.3 Å². The molecule has 0 fully saturated rings. The van der Waals surface area contributed by atoms with Crippen molar-refractivity contribution in [2.75, 3.05) is 26.4 Å². The van der Waals surface area contributed by atoms with E-state index in [1.807, 2.05) is 0 Å². The Balaban J connectivity index is 4.09. The normalized spacial score (nSPS) is 14.3. The van der Waals surface area contributed by atoms with Crippen molar-refractivity contribution in [1.29, 1.82) is 0 Å². The molecule has 0 heterocycles. The predicted octanol–water partition coefficient (Wildman–Crippen LogP) is 17.2. The number of ether oxygens (including phenoxy) is 2. The summed E-state index contributed by atoms with van der Waals surface area (Å²) in [4.78, 5) is 34.9. The quantitative estimate of drug-likeness (QED) is 0.0264. The molecule has 2 unspecified atom stereocenters. The number of unbranched alkanes of at least 4 members (excludes halogenated alkanes) is 12. The van der Waals surface area contributed by atoms with Crippen LogP contribution in [0.3, 0.4) is 0 Å². The van der Waals surface area contributed by atoms with Gasteiger partial charge in [-0.3, -0.25) is 18.6 Å². The molecule has 10 heteroatoms. The van der Waals surface area contributed by atoms with Gasteiger partial charge in [0.25, 0.3) is 0 Å². The molecule has 71 heavy (non-hydrogen) atoms. The fourth-order valence-electron chi connectivity index (χ4n) is 6.73. The highest BCUT2D eigenvalue weighted by Crippen LogP contribution is 2.43. The lowest BCUT2D eigenvalue weighted by Gasteiger charge is -2.19. The van der Waals surface area contributed by atoms with Crippen LogP contribution < -0.4 is 5.73 Å². The molecule has 9 nitrogen and oxygen atoms in total. The third kappa shape index (κ3) is 55.1. The van der Waals surface area contributed by atoms with Gasteiger partial charge in [-0.25, -0.2) is 4.57 Å². The molecule has 0 aliphatic heterocycles. The maximum atomic E-state index is 12.6. The first-order valence-electron chi connectivity index (χ1n) is 27.3. The maximum absolute atomic E-state index is 12.6. The van der Waals surface area contributed by atoms with E-state index in [-0.39, 0.29) is 32.6 Å².